The van der Waals surface area contributed by atoms with Gasteiger partial charge in [0, 0.05) is 12.5 Å². The second-order valence-electron chi connectivity index (χ2n) is 4.14. The van der Waals surface area contributed by atoms with Crippen molar-refractivity contribution in [2.24, 2.45) is 0 Å². The second-order valence-corrected chi connectivity index (χ2v) is 4.14. The van der Waals surface area contributed by atoms with Crippen LogP contribution in [-0.2, 0) is 16.0 Å². The van der Waals surface area contributed by atoms with Crippen molar-refractivity contribution in [3.05, 3.63) is 11.7 Å². The van der Waals surface area contributed by atoms with E-state index in [1.807, 2.05) is 0 Å². The van der Waals surface area contributed by atoms with Crippen molar-refractivity contribution in [1.82, 2.24) is 15.0 Å². The second kappa shape index (κ2) is 4.33. The molecule has 0 aromatic carbocycles. The molecule has 1 atom stereocenters. The molecule has 1 amide bonds. The van der Waals surface area contributed by atoms with E-state index in [0.717, 1.165) is 13.0 Å². The van der Waals surface area contributed by atoms with Crippen LogP contribution in [0.3, 0.4) is 0 Å². The number of rotatable bonds is 3. The fourth-order valence-corrected chi connectivity index (χ4v) is 1.97. The van der Waals surface area contributed by atoms with Crippen LogP contribution in [0.2, 0.25) is 0 Å². The van der Waals surface area contributed by atoms with Gasteiger partial charge in [0.1, 0.15) is 13.2 Å². The molecule has 1 aromatic rings. The lowest BCUT2D eigenvalue weighted by atomic mass is 10.1. The predicted molar refractivity (Wildman–Crippen MR) is 54.2 cm³/mol. The topological polar surface area (TPSA) is 77.7 Å². The summed E-state index contributed by atoms with van der Waals surface area (Å²) >= 11 is 0. The number of nitrogens with zero attached hydrogens (tertiary/aromatic N) is 3. The number of hydrogen-bond acceptors (Lipinski definition) is 6. The van der Waals surface area contributed by atoms with Crippen molar-refractivity contribution in [3.63, 3.8) is 0 Å². The van der Waals surface area contributed by atoms with Gasteiger partial charge in [-0.15, -0.1) is 0 Å². The molecule has 3 heterocycles. The third kappa shape index (κ3) is 2.10. The maximum absolute atomic E-state index is 11.2. The first-order valence-electron chi connectivity index (χ1n) is 5.65. The van der Waals surface area contributed by atoms with Crippen LogP contribution in [0.25, 0.3) is 0 Å². The Hall–Kier alpha value is -1.63. The van der Waals surface area contributed by atoms with E-state index in [1.54, 1.807) is 4.90 Å². The molecule has 0 N–H and O–H groups in total. The first-order chi connectivity index (χ1) is 8.33. The molecule has 1 aromatic heterocycles. The summed E-state index contributed by atoms with van der Waals surface area (Å²) in [5.74, 6) is 1.34. The van der Waals surface area contributed by atoms with Crippen LogP contribution in [0.4, 0.5) is 4.79 Å². The van der Waals surface area contributed by atoms with E-state index in [9.17, 15) is 4.79 Å². The Balaban J connectivity index is 1.65. The van der Waals surface area contributed by atoms with E-state index in [2.05, 4.69) is 10.1 Å². The van der Waals surface area contributed by atoms with E-state index in [-0.39, 0.29) is 12.0 Å². The number of aromatic nitrogens is 2. The van der Waals surface area contributed by atoms with Crippen LogP contribution in [0.1, 0.15) is 24.1 Å². The molecule has 0 saturated carbocycles. The first kappa shape index (κ1) is 10.5. The molecular weight excluding hydrogens is 226 g/mol. The van der Waals surface area contributed by atoms with Crippen molar-refractivity contribution in [2.45, 2.75) is 18.9 Å². The summed E-state index contributed by atoms with van der Waals surface area (Å²) in [5.41, 5.74) is 0. The van der Waals surface area contributed by atoms with Crippen LogP contribution >= 0.6 is 0 Å². The van der Waals surface area contributed by atoms with Crippen LogP contribution < -0.4 is 0 Å². The third-order valence-electron chi connectivity index (χ3n) is 2.95. The summed E-state index contributed by atoms with van der Waals surface area (Å²) in [4.78, 5) is 17.1. The summed E-state index contributed by atoms with van der Waals surface area (Å²) in [6, 6.07) is 0. The first-order valence-corrected chi connectivity index (χ1v) is 5.65. The molecule has 0 spiro atoms. The highest BCUT2D eigenvalue weighted by atomic mass is 16.6. The Morgan fingerprint density at radius 2 is 2.35 bits per heavy atom. The minimum absolute atomic E-state index is 0.220. The zero-order valence-electron chi connectivity index (χ0n) is 9.29. The molecule has 3 rings (SSSR count). The van der Waals surface area contributed by atoms with Gasteiger partial charge in [-0.05, 0) is 6.42 Å². The summed E-state index contributed by atoms with van der Waals surface area (Å²) < 4.78 is 15.2. The predicted octanol–water partition coefficient (Wildman–Crippen LogP) is 0.526. The zero-order valence-corrected chi connectivity index (χ0v) is 9.29. The third-order valence-corrected chi connectivity index (χ3v) is 2.95. The van der Waals surface area contributed by atoms with Gasteiger partial charge in [-0.25, -0.2) is 4.79 Å². The Kier molecular flexibility index (Phi) is 2.68. The van der Waals surface area contributed by atoms with E-state index >= 15 is 0 Å². The van der Waals surface area contributed by atoms with Gasteiger partial charge >= 0.3 is 6.09 Å². The van der Waals surface area contributed by atoms with Crippen molar-refractivity contribution in [1.29, 1.82) is 0 Å². The Bertz CT molecular complexity index is 413. The zero-order chi connectivity index (χ0) is 11.7. The fraction of sp³-hybridized carbons (Fsp3) is 0.700. The molecular formula is C10H13N3O4. The summed E-state index contributed by atoms with van der Waals surface area (Å²) in [6.45, 7) is 2.70. The normalized spacial score (nSPS) is 24.4. The SMILES string of the molecule is O=C1OCCN1Cc1nc([C@@H]2CCOC2)no1. The van der Waals surface area contributed by atoms with Gasteiger partial charge in [-0.2, -0.15) is 4.98 Å². The lowest BCUT2D eigenvalue weighted by Crippen LogP contribution is -2.23. The molecule has 7 heteroatoms. The number of ether oxygens (including phenoxy) is 2. The number of hydrogen-bond donors (Lipinski definition) is 0. The monoisotopic (exact) mass is 239 g/mol. The number of carbonyl (C=O) groups excluding carboxylic acids is 1. The van der Waals surface area contributed by atoms with Gasteiger partial charge in [0.25, 0.3) is 0 Å². The van der Waals surface area contributed by atoms with Crippen molar-refractivity contribution in [2.75, 3.05) is 26.4 Å². The maximum Gasteiger partial charge on any atom is 0.410 e. The van der Waals surface area contributed by atoms with Gasteiger partial charge in [-0.1, -0.05) is 5.16 Å². The molecule has 0 bridgehead atoms. The van der Waals surface area contributed by atoms with Crippen LogP contribution in [-0.4, -0.2) is 47.5 Å². The highest BCUT2D eigenvalue weighted by molar-refractivity contribution is 5.69. The van der Waals surface area contributed by atoms with E-state index < -0.39 is 0 Å². The highest BCUT2D eigenvalue weighted by Crippen LogP contribution is 2.22. The van der Waals surface area contributed by atoms with Gasteiger partial charge in [0.2, 0.25) is 5.89 Å². The number of carbonyl (C=O) groups is 1. The van der Waals surface area contributed by atoms with Gasteiger partial charge in [0.05, 0.1) is 13.2 Å². The lowest BCUT2D eigenvalue weighted by Gasteiger charge is -2.07. The molecule has 2 saturated heterocycles. The van der Waals surface area contributed by atoms with E-state index in [1.165, 1.54) is 0 Å². The maximum atomic E-state index is 11.2. The smallest absolute Gasteiger partial charge is 0.410 e. The quantitative estimate of drug-likeness (QED) is 0.765. The van der Waals surface area contributed by atoms with E-state index in [0.29, 0.717) is 38.0 Å². The minimum Gasteiger partial charge on any atom is -0.448 e. The van der Waals surface area contributed by atoms with E-state index in [4.69, 9.17) is 14.0 Å². The molecule has 7 nitrogen and oxygen atoms in total. The average molecular weight is 239 g/mol. The Morgan fingerprint density at radius 3 is 3.06 bits per heavy atom. The van der Waals surface area contributed by atoms with Gasteiger partial charge in [-0.3, -0.25) is 4.90 Å². The average Bonchev–Trinajstić information content (AvgIpc) is 3.02. The van der Waals surface area contributed by atoms with Gasteiger partial charge in [0.15, 0.2) is 5.82 Å². The van der Waals surface area contributed by atoms with Crippen LogP contribution in [0.15, 0.2) is 4.52 Å². The summed E-state index contributed by atoms with van der Waals surface area (Å²) in [6.07, 6.45) is 0.596. The molecule has 0 unspecified atom stereocenters. The van der Waals surface area contributed by atoms with Crippen LogP contribution in [0, 0.1) is 0 Å². The molecule has 92 valence electrons. The number of cyclic esters (lactones) is 1. The standard InChI is InChI=1S/C10H13N3O4/c14-10-13(2-4-16-10)5-8-11-9(12-17-8)7-1-3-15-6-7/h7H,1-6H2/t7-/m1/s1. The molecule has 2 aliphatic rings. The lowest BCUT2D eigenvalue weighted by molar-refractivity contribution is 0.154. The van der Waals surface area contributed by atoms with Gasteiger partial charge < -0.3 is 14.0 Å². The highest BCUT2D eigenvalue weighted by Gasteiger charge is 2.26. The minimum atomic E-state index is -0.325. The van der Waals surface area contributed by atoms with Crippen LogP contribution in [0.5, 0.6) is 0 Å². The van der Waals surface area contributed by atoms with Crippen molar-refractivity contribution >= 4 is 6.09 Å². The molecule has 2 aliphatic heterocycles. The van der Waals surface area contributed by atoms with Crippen molar-refractivity contribution < 1.29 is 18.8 Å². The molecule has 0 radical (unpaired) electrons. The summed E-state index contributed by atoms with van der Waals surface area (Å²) in [7, 11) is 0. The Labute approximate surface area is 97.7 Å². The van der Waals surface area contributed by atoms with Crippen molar-refractivity contribution in [3.8, 4) is 0 Å². The number of amides is 1. The largest absolute Gasteiger partial charge is 0.448 e. The molecule has 0 aliphatic carbocycles. The molecule has 2 fully saturated rings. The Morgan fingerprint density at radius 1 is 1.41 bits per heavy atom. The summed E-state index contributed by atoms with van der Waals surface area (Å²) in [5, 5.41) is 3.92. The molecule has 17 heavy (non-hydrogen) atoms. The fourth-order valence-electron chi connectivity index (χ4n) is 1.97.